The normalized spacial score (nSPS) is 11.8. The summed E-state index contributed by atoms with van der Waals surface area (Å²) in [5.41, 5.74) is 22.2. The van der Waals surface area contributed by atoms with Crippen LogP contribution >= 0.6 is 0 Å². The summed E-state index contributed by atoms with van der Waals surface area (Å²) in [5, 5.41) is 4.17. The molecule has 1 aromatic heterocycles. The summed E-state index contributed by atoms with van der Waals surface area (Å²) in [6.07, 6.45) is 0. The van der Waals surface area contributed by atoms with Crippen molar-refractivity contribution in [3.05, 3.63) is 312 Å². The molecule has 0 saturated carbocycles. The van der Waals surface area contributed by atoms with Crippen LogP contribution in [0.15, 0.2) is 267 Å². The molecule has 1 aliphatic rings. The van der Waals surface area contributed by atoms with E-state index in [1.165, 1.54) is 83.1 Å². The zero-order valence-electron chi connectivity index (χ0n) is 48.2. The molecule has 3 heteroatoms. The molecule has 0 radical (unpaired) electrons. The van der Waals surface area contributed by atoms with Gasteiger partial charge in [0.05, 0.1) is 19.1 Å². The number of aromatic nitrogens is 1. The number of para-hydroxylation sites is 2. The lowest BCUT2D eigenvalue weighted by atomic mass is 9.82. The molecule has 13 rings (SSSR count). The molecule has 0 unspecified atom stereocenters. The number of fused-ring (bicyclic) bond motifs is 6. The summed E-state index contributed by atoms with van der Waals surface area (Å²) < 4.78 is 16.6. The zero-order chi connectivity index (χ0) is 56.4. The zero-order valence-corrected chi connectivity index (χ0v) is 49.2. The second-order valence-corrected chi connectivity index (χ2v) is 27.7. The predicted molar refractivity (Wildman–Crippen MR) is 347 cm³/mol. The van der Waals surface area contributed by atoms with Gasteiger partial charge in [0.2, 0.25) is 0 Å². The Balaban J connectivity index is 0.000000123. The summed E-state index contributed by atoms with van der Waals surface area (Å²) in [4.78, 5) is 0. The average Bonchev–Trinajstić information content (AvgIpc) is 3.94. The highest BCUT2D eigenvalue weighted by Gasteiger charge is 2.34. The van der Waals surface area contributed by atoms with Crippen LogP contribution in [0.25, 0.3) is 72.0 Å². The van der Waals surface area contributed by atoms with Gasteiger partial charge < -0.3 is 4.57 Å². The Morgan fingerprint density at radius 1 is 0.350 bits per heavy atom. The topological polar surface area (TPSA) is 4.93 Å². The van der Waals surface area contributed by atoms with Crippen molar-refractivity contribution in [3.8, 4) is 50.2 Å². The van der Waals surface area contributed by atoms with E-state index in [2.05, 4.69) is 260 Å². The van der Waals surface area contributed by atoms with Crippen LogP contribution in [0.3, 0.4) is 0 Å². The fourth-order valence-electron chi connectivity index (χ4n) is 10.7. The van der Waals surface area contributed by atoms with E-state index >= 15 is 0 Å². The van der Waals surface area contributed by atoms with E-state index in [4.69, 9.17) is 0 Å². The monoisotopic (exact) mass is 1060 g/mol. The Hall–Kier alpha value is -8.63. The first-order valence-electron chi connectivity index (χ1n) is 27.9. The number of aryl methyl sites for hydroxylation is 4. The standard InChI is InChI=1S/C19H15F.C19H15N.C16H16.C13H12.C10H16Si/c1-14-18(16-10-6-3-7-11-16)12-17(13-19(14)20)15-8-4-2-5-9-15;1-14-11-12-17-16-9-5-6-10-18(16)20(19(17)13-14)15-7-3-2-4-8-15;1-11-8-9-13-12-6-4-5-7-14(12)16(2,3)15(13)10-11;1-11-7-5-6-10-13(11)12-8-3-2-4-9-12;1-9-5-7-10(8-6-9)11(2,3)4/h2*2-13H,1H3;4-10H,1-3H3;2-10H,1H3;5-8H,1-4H3. The molecule has 0 fully saturated rings. The maximum atomic E-state index is 14.2. The molecule has 0 bridgehead atoms. The van der Waals surface area contributed by atoms with E-state index in [1.54, 1.807) is 11.3 Å². The van der Waals surface area contributed by atoms with Crippen molar-refractivity contribution in [2.24, 2.45) is 0 Å². The van der Waals surface area contributed by atoms with Crippen molar-refractivity contribution < 1.29 is 4.39 Å². The average molecular weight is 1060 g/mol. The summed E-state index contributed by atoms with van der Waals surface area (Å²) in [6, 6.07) is 92.7. The summed E-state index contributed by atoms with van der Waals surface area (Å²) in [7, 11) is -1.06. The number of hydrogen-bond acceptors (Lipinski definition) is 0. The molecule has 80 heavy (non-hydrogen) atoms. The van der Waals surface area contributed by atoms with Crippen LogP contribution in [-0.4, -0.2) is 12.6 Å². The fraction of sp³-hybridized carbons (Fsp3) is 0.143. The van der Waals surface area contributed by atoms with Gasteiger partial charge in [-0.05, 0) is 143 Å². The van der Waals surface area contributed by atoms with Crippen LogP contribution in [0, 0.1) is 40.4 Å². The van der Waals surface area contributed by atoms with Crippen LogP contribution in [0.2, 0.25) is 19.6 Å². The minimum absolute atomic E-state index is 0.151. The summed E-state index contributed by atoms with van der Waals surface area (Å²) in [6.45, 7) is 22.2. The van der Waals surface area contributed by atoms with Crippen molar-refractivity contribution in [1.29, 1.82) is 0 Å². The maximum absolute atomic E-state index is 14.2. The van der Waals surface area contributed by atoms with Gasteiger partial charge in [0.25, 0.3) is 0 Å². The first kappa shape index (κ1) is 56.1. The van der Waals surface area contributed by atoms with E-state index in [0.29, 0.717) is 5.56 Å². The lowest BCUT2D eigenvalue weighted by Crippen LogP contribution is -2.37. The van der Waals surface area contributed by atoms with E-state index < -0.39 is 8.07 Å². The van der Waals surface area contributed by atoms with Gasteiger partial charge in [-0.3, -0.25) is 0 Å². The van der Waals surface area contributed by atoms with Crippen LogP contribution < -0.4 is 5.19 Å². The molecule has 1 heterocycles. The van der Waals surface area contributed by atoms with Gasteiger partial charge in [0, 0.05) is 21.9 Å². The Bertz CT molecular complexity index is 3980. The highest BCUT2D eigenvalue weighted by atomic mass is 28.3. The third-order valence-electron chi connectivity index (χ3n) is 15.3. The van der Waals surface area contributed by atoms with Crippen molar-refractivity contribution in [2.75, 3.05) is 0 Å². The molecule has 12 aromatic rings. The van der Waals surface area contributed by atoms with E-state index in [9.17, 15) is 4.39 Å². The van der Waals surface area contributed by atoms with Gasteiger partial charge in [-0.15, -0.1) is 0 Å². The molecular weight excluding hydrogens is 986 g/mol. The summed E-state index contributed by atoms with van der Waals surface area (Å²) >= 11 is 0. The predicted octanol–water partition coefficient (Wildman–Crippen LogP) is 21.1. The summed E-state index contributed by atoms with van der Waals surface area (Å²) in [5.74, 6) is -0.162. The van der Waals surface area contributed by atoms with E-state index in [1.807, 2.05) is 73.7 Å². The second kappa shape index (κ2) is 25.0. The van der Waals surface area contributed by atoms with Crippen LogP contribution in [0.1, 0.15) is 52.8 Å². The molecule has 0 aliphatic heterocycles. The Kier molecular flexibility index (Phi) is 17.5. The molecule has 1 nitrogen and oxygen atoms in total. The van der Waals surface area contributed by atoms with Crippen molar-refractivity contribution in [1.82, 2.24) is 4.57 Å². The van der Waals surface area contributed by atoms with Gasteiger partial charge in [-0.2, -0.15) is 0 Å². The number of benzene rings is 11. The molecule has 0 spiro atoms. The molecule has 0 N–H and O–H groups in total. The minimum Gasteiger partial charge on any atom is -0.309 e. The highest BCUT2D eigenvalue weighted by molar-refractivity contribution is 6.88. The Labute approximate surface area is 476 Å². The number of hydrogen-bond donors (Lipinski definition) is 0. The molecule has 1 aliphatic carbocycles. The maximum Gasteiger partial charge on any atom is 0.127 e. The van der Waals surface area contributed by atoms with Gasteiger partial charge in [0.1, 0.15) is 5.82 Å². The molecule has 398 valence electrons. The van der Waals surface area contributed by atoms with Gasteiger partial charge in [0.15, 0.2) is 0 Å². The Morgan fingerprint density at radius 2 is 0.825 bits per heavy atom. The number of nitrogens with zero attached hydrogens (tertiary/aromatic N) is 1. The van der Waals surface area contributed by atoms with Crippen molar-refractivity contribution in [2.45, 2.75) is 73.5 Å². The first-order chi connectivity index (χ1) is 38.6. The molecule has 0 atom stereocenters. The highest BCUT2D eigenvalue weighted by Crippen LogP contribution is 2.48. The lowest BCUT2D eigenvalue weighted by molar-refractivity contribution is 0.619. The SMILES string of the molecule is Cc1c(F)cc(-c2ccccc2)cc1-c1ccccc1.Cc1ccc([Si](C)(C)C)cc1.Cc1ccc2c(c1)C(C)(C)c1ccccc1-2.Cc1ccc2c3ccccc3n(-c3ccccc3)c2c1.Cc1ccccc1-c1ccccc1. The van der Waals surface area contributed by atoms with Gasteiger partial charge >= 0.3 is 0 Å². The van der Waals surface area contributed by atoms with Gasteiger partial charge in [-0.1, -0.05) is 280 Å². The fourth-order valence-corrected chi connectivity index (χ4v) is 11.9. The largest absolute Gasteiger partial charge is 0.309 e. The van der Waals surface area contributed by atoms with Crippen LogP contribution in [0.5, 0.6) is 0 Å². The van der Waals surface area contributed by atoms with Crippen LogP contribution in [0.4, 0.5) is 4.39 Å². The number of halogens is 1. The quantitative estimate of drug-likeness (QED) is 0.151. The molecule has 11 aromatic carbocycles. The minimum atomic E-state index is -1.06. The molecule has 0 amide bonds. The van der Waals surface area contributed by atoms with Crippen LogP contribution in [-0.2, 0) is 5.41 Å². The van der Waals surface area contributed by atoms with Gasteiger partial charge in [-0.25, -0.2) is 4.39 Å². The third kappa shape index (κ3) is 12.9. The molecule has 0 saturated heterocycles. The van der Waals surface area contributed by atoms with E-state index in [-0.39, 0.29) is 11.2 Å². The van der Waals surface area contributed by atoms with E-state index in [0.717, 1.165) is 22.3 Å². The van der Waals surface area contributed by atoms with Crippen molar-refractivity contribution in [3.63, 3.8) is 0 Å². The second-order valence-electron chi connectivity index (χ2n) is 22.6. The van der Waals surface area contributed by atoms with Crippen molar-refractivity contribution >= 4 is 35.1 Å². The first-order valence-corrected chi connectivity index (χ1v) is 31.4. The molecular formula is C77H74FNSi. The third-order valence-corrected chi connectivity index (χ3v) is 17.3. The lowest BCUT2D eigenvalue weighted by Gasteiger charge is -2.21. The Morgan fingerprint density at radius 3 is 1.45 bits per heavy atom. The smallest absolute Gasteiger partial charge is 0.127 e. The number of rotatable bonds is 5.